The van der Waals surface area contributed by atoms with Crippen LogP contribution in [0.3, 0.4) is 0 Å². The molecule has 0 aliphatic heterocycles. The van der Waals surface area contributed by atoms with E-state index in [-0.39, 0.29) is 11.7 Å². The van der Waals surface area contributed by atoms with Crippen LogP contribution >= 0.6 is 15.9 Å². The Morgan fingerprint density at radius 1 is 0.971 bits per heavy atom. The number of aliphatic carboxylic acids is 1. The highest BCUT2D eigenvalue weighted by Gasteiger charge is 2.19. The zero-order valence-electron chi connectivity index (χ0n) is 20.9. The number of carboxylic acid groups (broad SMARTS) is 1. The van der Waals surface area contributed by atoms with Crippen LogP contribution in [0.4, 0.5) is 0 Å². The lowest BCUT2D eigenvalue weighted by Gasteiger charge is -2.16. The quantitative estimate of drug-likeness (QED) is 0.167. The molecule has 2 aromatic rings. The second-order valence-electron chi connectivity index (χ2n) is 8.65. The van der Waals surface area contributed by atoms with Gasteiger partial charge in [0, 0.05) is 16.9 Å². The standard InChI is InChI=1S/C28H38BrNO5/c1-3-4-5-6-7-8-9-11-22(29)18-19-30-28(33)25-13-10-12-24(27(25)35-20-26(31)32)21-14-16-23(34-2)17-15-21/h10,12-17,22H,3-9,11,18-20H2,1-2H3,(H,30,33)(H,31,32). The number of unbranched alkanes of at least 4 members (excludes halogenated alkanes) is 6. The lowest BCUT2D eigenvalue weighted by Crippen LogP contribution is -2.27. The zero-order valence-corrected chi connectivity index (χ0v) is 22.4. The van der Waals surface area contributed by atoms with Gasteiger partial charge < -0.3 is 19.9 Å². The van der Waals surface area contributed by atoms with Crippen LogP contribution in [-0.4, -0.2) is 42.1 Å². The molecule has 2 rings (SSSR count). The fourth-order valence-electron chi connectivity index (χ4n) is 3.91. The molecule has 0 saturated heterocycles. The minimum atomic E-state index is -1.10. The summed E-state index contributed by atoms with van der Waals surface area (Å²) in [4.78, 5) is 24.5. The van der Waals surface area contributed by atoms with Crippen molar-refractivity contribution in [3.63, 3.8) is 0 Å². The minimum absolute atomic E-state index is 0.260. The molecule has 192 valence electrons. The van der Waals surface area contributed by atoms with Crippen LogP contribution in [0.1, 0.15) is 75.1 Å². The number of carbonyl (C=O) groups is 2. The smallest absolute Gasteiger partial charge is 0.341 e. The molecule has 0 saturated carbocycles. The summed E-state index contributed by atoms with van der Waals surface area (Å²) in [7, 11) is 1.59. The van der Waals surface area contributed by atoms with E-state index >= 15 is 0 Å². The molecule has 0 heterocycles. The van der Waals surface area contributed by atoms with E-state index in [1.54, 1.807) is 19.2 Å². The van der Waals surface area contributed by atoms with Crippen molar-refractivity contribution in [2.75, 3.05) is 20.3 Å². The molecular weight excluding hydrogens is 510 g/mol. The van der Waals surface area contributed by atoms with Gasteiger partial charge in [0.25, 0.3) is 5.91 Å². The van der Waals surface area contributed by atoms with E-state index in [0.717, 1.165) is 18.4 Å². The van der Waals surface area contributed by atoms with Gasteiger partial charge in [-0.15, -0.1) is 0 Å². The predicted molar refractivity (Wildman–Crippen MR) is 144 cm³/mol. The highest BCUT2D eigenvalue weighted by molar-refractivity contribution is 9.09. The van der Waals surface area contributed by atoms with Crippen molar-refractivity contribution >= 4 is 27.8 Å². The Labute approximate surface area is 217 Å². The van der Waals surface area contributed by atoms with Crippen molar-refractivity contribution in [2.24, 2.45) is 0 Å². The fourth-order valence-corrected chi connectivity index (χ4v) is 4.46. The number of hydrogen-bond acceptors (Lipinski definition) is 4. The second kappa shape index (κ2) is 16.2. The van der Waals surface area contributed by atoms with Gasteiger partial charge in [-0.2, -0.15) is 0 Å². The van der Waals surface area contributed by atoms with Gasteiger partial charge in [0.1, 0.15) is 11.5 Å². The number of carbonyl (C=O) groups excluding carboxylic acids is 1. The van der Waals surface area contributed by atoms with Crippen LogP contribution in [0.15, 0.2) is 42.5 Å². The summed E-state index contributed by atoms with van der Waals surface area (Å²) in [6.07, 6.45) is 10.9. The van der Waals surface area contributed by atoms with Gasteiger partial charge in [0.2, 0.25) is 0 Å². The Bertz CT molecular complexity index is 916. The largest absolute Gasteiger partial charge is 0.497 e. The number of para-hydroxylation sites is 1. The Morgan fingerprint density at radius 2 is 1.66 bits per heavy atom. The maximum Gasteiger partial charge on any atom is 0.341 e. The van der Waals surface area contributed by atoms with Gasteiger partial charge in [-0.05, 0) is 36.6 Å². The normalized spacial score (nSPS) is 11.6. The molecular formula is C28H38BrNO5. The van der Waals surface area contributed by atoms with Crippen LogP contribution in [0.2, 0.25) is 0 Å². The molecule has 35 heavy (non-hydrogen) atoms. The Hall–Kier alpha value is -2.54. The second-order valence-corrected chi connectivity index (χ2v) is 9.94. The third-order valence-corrected chi connectivity index (χ3v) is 6.78. The number of ether oxygens (including phenoxy) is 2. The fraction of sp³-hybridized carbons (Fsp3) is 0.500. The summed E-state index contributed by atoms with van der Waals surface area (Å²) in [5.74, 6) is -0.419. The SMILES string of the molecule is CCCCCCCCCC(Br)CCNC(=O)c1cccc(-c2ccc(OC)cc2)c1OCC(=O)O. The molecule has 2 aromatic carbocycles. The maximum atomic E-state index is 13.0. The van der Waals surface area contributed by atoms with Crippen LogP contribution in [0.25, 0.3) is 11.1 Å². The van der Waals surface area contributed by atoms with E-state index in [9.17, 15) is 9.59 Å². The molecule has 2 N–H and O–H groups in total. The summed E-state index contributed by atoms with van der Waals surface area (Å²) in [5, 5.41) is 12.1. The Morgan fingerprint density at radius 3 is 2.31 bits per heavy atom. The number of benzene rings is 2. The summed E-state index contributed by atoms with van der Waals surface area (Å²) < 4.78 is 10.8. The highest BCUT2D eigenvalue weighted by atomic mass is 79.9. The average Bonchev–Trinajstić information content (AvgIpc) is 2.86. The van der Waals surface area contributed by atoms with Gasteiger partial charge in [-0.1, -0.05) is 92.1 Å². The Balaban J connectivity index is 1.96. The van der Waals surface area contributed by atoms with Crippen LogP contribution in [-0.2, 0) is 4.79 Å². The third-order valence-electron chi connectivity index (χ3n) is 5.86. The molecule has 0 spiro atoms. The van der Waals surface area contributed by atoms with Gasteiger partial charge in [0.15, 0.2) is 6.61 Å². The number of halogens is 1. The van der Waals surface area contributed by atoms with Crippen molar-refractivity contribution in [3.8, 4) is 22.6 Å². The number of carboxylic acids is 1. The monoisotopic (exact) mass is 547 g/mol. The summed E-state index contributed by atoms with van der Waals surface area (Å²) in [6.45, 7) is 2.22. The number of nitrogens with one attached hydrogen (secondary N) is 1. The van der Waals surface area contributed by atoms with E-state index < -0.39 is 12.6 Å². The lowest BCUT2D eigenvalue weighted by atomic mass is 10.0. The van der Waals surface area contributed by atoms with Crippen molar-refractivity contribution in [2.45, 2.75) is 69.5 Å². The molecule has 1 amide bonds. The summed E-state index contributed by atoms with van der Waals surface area (Å²) in [5.41, 5.74) is 1.77. The minimum Gasteiger partial charge on any atom is -0.497 e. The number of rotatable bonds is 17. The molecule has 0 bridgehead atoms. The van der Waals surface area contributed by atoms with Crippen molar-refractivity contribution in [1.82, 2.24) is 5.32 Å². The van der Waals surface area contributed by atoms with Crippen LogP contribution in [0, 0.1) is 0 Å². The molecule has 0 fully saturated rings. The number of amides is 1. The predicted octanol–water partition coefficient (Wildman–Crippen LogP) is 6.85. The van der Waals surface area contributed by atoms with E-state index in [1.165, 1.54) is 44.9 Å². The highest BCUT2D eigenvalue weighted by Crippen LogP contribution is 2.34. The van der Waals surface area contributed by atoms with Crippen molar-refractivity contribution in [3.05, 3.63) is 48.0 Å². The molecule has 7 heteroatoms. The average molecular weight is 549 g/mol. The van der Waals surface area contributed by atoms with Gasteiger partial charge in [-0.3, -0.25) is 4.79 Å². The first-order valence-corrected chi connectivity index (χ1v) is 13.4. The molecule has 0 aliphatic rings. The molecule has 0 aromatic heterocycles. The molecule has 0 radical (unpaired) electrons. The third kappa shape index (κ3) is 10.3. The molecule has 1 unspecified atom stereocenters. The summed E-state index contributed by atoms with van der Waals surface area (Å²) >= 11 is 3.74. The first kappa shape index (κ1) is 28.7. The summed E-state index contributed by atoms with van der Waals surface area (Å²) in [6, 6.07) is 12.6. The number of alkyl halides is 1. The molecule has 0 aliphatic carbocycles. The zero-order chi connectivity index (χ0) is 25.5. The van der Waals surface area contributed by atoms with Crippen molar-refractivity contribution in [1.29, 1.82) is 0 Å². The molecule has 1 atom stereocenters. The first-order valence-electron chi connectivity index (χ1n) is 12.5. The van der Waals surface area contributed by atoms with Crippen LogP contribution in [0.5, 0.6) is 11.5 Å². The maximum absolute atomic E-state index is 13.0. The van der Waals surface area contributed by atoms with E-state index in [1.807, 2.05) is 30.3 Å². The number of hydrogen-bond donors (Lipinski definition) is 2. The topological polar surface area (TPSA) is 84.9 Å². The molecule has 6 nitrogen and oxygen atoms in total. The van der Waals surface area contributed by atoms with E-state index in [4.69, 9.17) is 14.6 Å². The van der Waals surface area contributed by atoms with Crippen LogP contribution < -0.4 is 14.8 Å². The van der Waals surface area contributed by atoms with E-state index in [2.05, 4.69) is 28.2 Å². The Kier molecular flexibility index (Phi) is 13.3. The lowest BCUT2D eigenvalue weighted by molar-refractivity contribution is -0.139. The van der Waals surface area contributed by atoms with Crippen molar-refractivity contribution < 1.29 is 24.2 Å². The van der Waals surface area contributed by atoms with E-state index in [0.29, 0.717) is 28.2 Å². The number of methoxy groups -OCH3 is 1. The van der Waals surface area contributed by atoms with Gasteiger partial charge in [0.05, 0.1) is 12.7 Å². The van der Waals surface area contributed by atoms with Gasteiger partial charge in [-0.25, -0.2) is 4.79 Å². The first-order chi connectivity index (χ1) is 17.0. The van der Waals surface area contributed by atoms with Gasteiger partial charge >= 0.3 is 5.97 Å².